The first-order chi connectivity index (χ1) is 27.6. The lowest BCUT2D eigenvalue weighted by Crippen LogP contribution is -2.08. The maximum atomic E-state index is 5.33. The maximum absolute atomic E-state index is 5.33. The highest BCUT2D eigenvalue weighted by Gasteiger charge is 2.18. The van der Waals surface area contributed by atoms with E-state index >= 15 is 0 Å². The number of benzene rings is 7. The standard InChI is InChI=1S/C50H36N6/c1-53(2)35-27-29-36(30-28-35)54-32-31-43-48(33-19-23-37(24-20-33)55-44-15-7-3-11-39(44)40-12-4-8-16-45(40)55)51-49(52-50(43)54)34-21-25-38(26-22-34)56-46-17-9-5-13-41(46)42-14-6-10-18-47(42)56/h3-32H,1-2H3. The normalized spacial score (nSPS) is 11.8. The van der Waals surface area contributed by atoms with E-state index in [0.717, 1.165) is 50.6 Å². The molecule has 6 nitrogen and oxygen atoms in total. The number of fused-ring (bicyclic) bond motifs is 7. The lowest BCUT2D eigenvalue weighted by molar-refractivity contribution is 1.07. The molecule has 0 radical (unpaired) electrons. The van der Waals surface area contributed by atoms with Gasteiger partial charge in [-0.3, -0.25) is 0 Å². The predicted octanol–water partition coefficient (Wildman–Crippen LogP) is 12.0. The fraction of sp³-hybridized carbons (Fsp3) is 0.0400. The highest BCUT2D eigenvalue weighted by atomic mass is 15.1. The zero-order valence-electron chi connectivity index (χ0n) is 31.0. The van der Waals surface area contributed by atoms with Gasteiger partial charge in [-0.2, -0.15) is 0 Å². The van der Waals surface area contributed by atoms with Crippen molar-refractivity contribution < 1.29 is 0 Å². The molecule has 0 saturated carbocycles. The van der Waals surface area contributed by atoms with Crippen LogP contribution in [0.1, 0.15) is 0 Å². The van der Waals surface area contributed by atoms with E-state index in [0.29, 0.717) is 5.82 Å². The molecule has 0 fully saturated rings. The first-order valence-electron chi connectivity index (χ1n) is 19.0. The number of para-hydroxylation sites is 4. The van der Waals surface area contributed by atoms with Gasteiger partial charge in [-0.1, -0.05) is 84.9 Å². The average Bonchev–Trinajstić information content (AvgIpc) is 3.94. The molecule has 11 aromatic rings. The van der Waals surface area contributed by atoms with Crippen molar-refractivity contribution in [2.24, 2.45) is 0 Å². The van der Waals surface area contributed by atoms with E-state index < -0.39 is 0 Å². The second-order valence-electron chi connectivity index (χ2n) is 14.6. The summed E-state index contributed by atoms with van der Waals surface area (Å²) in [5.74, 6) is 0.678. The summed E-state index contributed by atoms with van der Waals surface area (Å²) in [6.07, 6.45) is 2.11. The minimum Gasteiger partial charge on any atom is -0.378 e. The van der Waals surface area contributed by atoms with E-state index in [9.17, 15) is 0 Å². The third kappa shape index (κ3) is 4.96. The monoisotopic (exact) mass is 720 g/mol. The third-order valence-corrected chi connectivity index (χ3v) is 11.1. The van der Waals surface area contributed by atoms with Crippen LogP contribution in [0, 0.1) is 0 Å². The smallest absolute Gasteiger partial charge is 0.162 e. The Morgan fingerprint density at radius 2 is 0.821 bits per heavy atom. The summed E-state index contributed by atoms with van der Waals surface area (Å²) in [6, 6.07) is 62.7. The first kappa shape index (κ1) is 32.0. The summed E-state index contributed by atoms with van der Waals surface area (Å²) in [4.78, 5) is 12.7. The van der Waals surface area contributed by atoms with Crippen LogP contribution in [0.25, 0.3) is 94.4 Å². The minimum absolute atomic E-state index is 0.678. The molecule has 0 aliphatic rings. The first-order valence-corrected chi connectivity index (χ1v) is 19.0. The second kappa shape index (κ2) is 12.6. The molecule has 4 aromatic heterocycles. The Bertz CT molecular complexity index is 3150. The summed E-state index contributed by atoms with van der Waals surface area (Å²) >= 11 is 0. The van der Waals surface area contributed by atoms with Gasteiger partial charge in [-0.05, 0) is 91.0 Å². The molecule has 0 atom stereocenters. The fourth-order valence-corrected chi connectivity index (χ4v) is 8.41. The van der Waals surface area contributed by atoms with Gasteiger partial charge in [-0.25, -0.2) is 9.97 Å². The van der Waals surface area contributed by atoms with Crippen molar-refractivity contribution in [3.63, 3.8) is 0 Å². The minimum atomic E-state index is 0.678. The summed E-state index contributed by atoms with van der Waals surface area (Å²) in [5, 5.41) is 5.98. The maximum Gasteiger partial charge on any atom is 0.162 e. The summed E-state index contributed by atoms with van der Waals surface area (Å²) in [7, 11) is 4.12. The molecule has 0 N–H and O–H groups in total. The van der Waals surface area contributed by atoms with Crippen LogP contribution in [0.2, 0.25) is 0 Å². The number of nitrogens with zero attached hydrogens (tertiary/aromatic N) is 6. The van der Waals surface area contributed by atoms with Gasteiger partial charge in [0.05, 0.1) is 27.8 Å². The Morgan fingerprint density at radius 1 is 0.393 bits per heavy atom. The topological polar surface area (TPSA) is 43.8 Å². The van der Waals surface area contributed by atoms with Gasteiger partial charge in [0.25, 0.3) is 0 Å². The highest BCUT2D eigenvalue weighted by Crippen LogP contribution is 2.36. The average molecular weight is 721 g/mol. The van der Waals surface area contributed by atoms with E-state index in [1.165, 1.54) is 43.6 Å². The van der Waals surface area contributed by atoms with Crippen molar-refractivity contribution in [2.45, 2.75) is 0 Å². The fourth-order valence-electron chi connectivity index (χ4n) is 8.41. The molecule has 0 bridgehead atoms. The number of rotatable bonds is 6. The molecule has 0 unspecified atom stereocenters. The quantitative estimate of drug-likeness (QED) is 0.172. The Labute approximate surface area is 323 Å². The van der Waals surface area contributed by atoms with Crippen LogP contribution < -0.4 is 4.90 Å². The van der Waals surface area contributed by atoms with Gasteiger partial charge < -0.3 is 18.6 Å². The summed E-state index contributed by atoms with van der Waals surface area (Å²) in [5.41, 5.74) is 12.9. The number of aromatic nitrogens is 5. The van der Waals surface area contributed by atoms with Gasteiger partial charge in [0.1, 0.15) is 5.65 Å². The summed E-state index contributed by atoms with van der Waals surface area (Å²) < 4.78 is 6.86. The van der Waals surface area contributed by atoms with Crippen LogP contribution in [-0.4, -0.2) is 37.8 Å². The van der Waals surface area contributed by atoms with Crippen LogP contribution in [0.15, 0.2) is 182 Å². The molecule has 56 heavy (non-hydrogen) atoms. The van der Waals surface area contributed by atoms with Crippen LogP contribution in [-0.2, 0) is 0 Å². The van der Waals surface area contributed by atoms with E-state index in [1.54, 1.807) is 0 Å². The lowest BCUT2D eigenvalue weighted by atomic mass is 10.1. The van der Waals surface area contributed by atoms with Crippen molar-refractivity contribution in [3.8, 4) is 39.7 Å². The molecule has 0 aliphatic carbocycles. The van der Waals surface area contributed by atoms with Crippen LogP contribution in [0.4, 0.5) is 5.69 Å². The molecule has 0 aliphatic heterocycles. The molecule has 7 aromatic carbocycles. The molecule has 11 rings (SSSR count). The second-order valence-corrected chi connectivity index (χ2v) is 14.6. The number of anilines is 1. The number of hydrogen-bond donors (Lipinski definition) is 0. The van der Waals surface area contributed by atoms with Gasteiger partial charge in [0, 0.05) is 81.1 Å². The van der Waals surface area contributed by atoms with Crippen molar-refractivity contribution in [3.05, 3.63) is 182 Å². The van der Waals surface area contributed by atoms with Crippen molar-refractivity contribution in [1.29, 1.82) is 0 Å². The van der Waals surface area contributed by atoms with Crippen molar-refractivity contribution in [1.82, 2.24) is 23.7 Å². The Hall–Kier alpha value is -7.44. The van der Waals surface area contributed by atoms with Crippen molar-refractivity contribution >= 4 is 60.3 Å². The number of hydrogen-bond acceptors (Lipinski definition) is 3. The van der Waals surface area contributed by atoms with E-state index in [1.807, 2.05) is 0 Å². The molecule has 6 heteroatoms. The van der Waals surface area contributed by atoms with E-state index in [4.69, 9.17) is 9.97 Å². The zero-order valence-corrected chi connectivity index (χ0v) is 31.0. The van der Waals surface area contributed by atoms with Crippen molar-refractivity contribution in [2.75, 3.05) is 19.0 Å². The lowest BCUT2D eigenvalue weighted by Gasteiger charge is -2.14. The van der Waals surface area contributed by atoms with Gasteiger partial charge >= 0.3 is 0 Å². The molecule has 0 saturated heterocycles. The molecule has 0 amide bonds. The molecule has 4 heterocycles. The Kier molecular flexibility index (Phi) is 7.19. The van der Waals surface area contributed by atoms with Crippen LogP contribution in [0.3, 0.4) is 0 Å². The van der Waals surface area contributed by atoms with Crippen LogP contribution >= 0.6 is 0 Å². The van der Waals surface area contributed by atoms with E-state index in [-0.39, 0.29) is 0 Å². The largest absolute Gasteiger partial charge is 0.378 e. The Balaban J connectivity index is 1.06. The molecular weight excluding hydrogens is 685 g/mol. The SMILES string of the molecule is CN(C)c1ccc(-n2ccc3c(-c4ccc(-n5c6ccccc6c6ccccc65)cc4)nc(-c4ccc(-n5c6ccccc6c6ccccc65)cc4)nc32)cc1. The molecule has 0 spiro atoms. The molecule has 266 valence electrons. The zero-order chi connectivity index (χ0) is 37.3. The Morgan fingerprint density at radius 3 is 1.29 bits per heavy atom. The highest BCUT2D eigenvalue weighted by molar-refractivity contribution is 6.10. The predicted molar refractivity (Wildman–Crippen MR) is 233 cm³/mol. The third-order valence-electron chi connectivity index (χ3n) is 11.1. The van der Waals surface area contributed by atoms with Gasteiger partial charge in [0.15, 0.2) is 5.82 Å². The van der Waals surface area contributed by atoms with Crippen LogP contribution in [0.5, 0.6) is 0 Å². The molecular formula is C50H36N6. The van der Waals surface area contributed by atoms with E-state index in [2.05, 4.69) is 215 Å². The van der Waals surface area contributed by atoms with Gasteiger partial charge in [-0.15, -0.1) is 0 Å². The summed E-state index contributed by atoms with van der Waals surface area (Å²) in [6.45, 7) is 0. The van der Waals surface area contributed by atoms with Gasteiger partial charge in [0.2, 0.25) is 0 Å².